The predicted octanol–water partition coefficient (Wildman–Crippen LogP) is 3.98. The SMILES string of the molecule is CN1CCN(Nc2nc(N)ncc2Cc2ccccc2)CC1.CN1CCN(c2nc(N)ncc2Cc2ccccc2)CC1.NC(=O)C1CCN(c2nc(N)ncc2Cc2ccccc2)CC1. The Balaban J connectivity index is 0.000000147. The van der Waals surface area contributed by atoms with Crippen LogP contribution in [0, 0.1) is 5.92 Å². The Hall–Kier alpha value is -6.95. The first-order valence-electron chi connectivity index (χ1n) is 22.7. The summed E-state index contributed by atoms with van der Waals surface area (Å²) in [7, 11) is 4.29. The average Bonchev–Trinajstić information content (AvgIpc) is 3.33. The van der Waals surface area contributed by atoms with Gasteiger partial charge >= 0.3 is 0 Å². The number of primary amides is 1. The van der Waals surface area contributed by atoms with Gasteiger partial charge in [0.25, 0.3) is 0 Å². The summed E-state index contributed by atoms with van der Waals surface area (Å²) in [5.41, 5.74) is 33.1. The Morgan fingerprint density at radius 1 is 0.530 bits per heavy atom. The molecule has 0 unspecified atom stereocenters. The van der Waals surface area contributed by atoms with Gasteiger partial charge in [-0.1, -0.05) is 91.0 Å². The lowest BCUT2D eigenvalue weighted by Crippen LogP contribution is -2.47. The van der Waals surface area contributed by atoms with E-state index >= 15 is 0 Å². The van der Waals surface area contributed by atoms with Gasteiger partial charge in [0.2, 0.25) is 23.8 Å². The lowest BCUT2D eigenvalue weighted by molar-refractivity contribution is -0.122. The third-order valence-electron chi connectivity index (χ3n) is 12.1. The molecule has 0 spiro atoms. The number of nitrogens with zero attached hydrogens (tertiary/aromatic N) is 11. The molecule has 17 nitrogen and oxygen atoms in total. The number of hydrogen-bond acceptors (Lipinski definition) is 16. The average molecular weight is 893 g/mol. The Morgan fingerprint density at radius 3 is 1.35 bits per heavy atom. The van der Waals surface area contributed by atoms with Crippen molar-refractivity contribution in [1.29, 1.82) is 0 Å². The quantitative estimate of drug-likeness (QED) is 0.124. The number of hydrogen-bond donors (Lipinski definition) is 5. The number of likely N-dealkylation sites (N-methyl/N-ethyl adjacent to an activating group) is 2. The van der Waals surface area contributed by atoms with E-state index in [1.807, 2.05) is 54.9 Å². The van der Waals surface area contributed by atoms with E-state index in [-0.39, 0.29) is 17.8 Å². The second kappa shape index (κ2) is 23.3. The van der Waals surface area contributed by atoms with E-state index in [1.165, 1.54) is 16.7 Å². The Kier molecular flexibility index (Phi) is 16.6. The third kappa shape index (κ3) is 13.8. The van der Waals surface area contributed by atoms with Crippen molar-refractivity contribution >= 4 is 41.2 Å². The summed E-state index contributed by atoms with van der Waals surface area (Å²) < 4.78 is 0. The lowest BCUT2D eigenvalue weighted by atomic mass is 9.96. The summed E-state index contributed by atoms with van der Waals surface area (Å²) in [5.74, 6) is 3.33. The van der Waals surface area contributed by atoms with Crippen LogP contribution in [0.15, 0.2) is 110 Å². The van der Waals surface area contributed by atoms with E-state index in [4.69, 9.17) is 22.9 Å². The molecule has 9 rings (SSSR count). The number of carbonyl (C=O) groups excluding carboxylic acids is 1. The van der Waals surface area contributed by atoms with Crippen molar-refractivity contribution in [3.63, 3.8) is 0 Å². The number of carbonyl (C=O) groups is 1. The van der Waals surface area contributed by atoms with Gasteiger partial charge in [0.1, 0.15) is 17.5 Å². The van der Waals surface area contributed by atoms with Gasteiger partial charge < -0.3 is 48.0 Å². The molecule has 0 saturated carbocycles. The largest absolute Gasteiger partial charge is 0.369 e. The van der Waals surface area contributed by atoms with Crippen molar-refractivity contribution in [3.8, 4) is 0 Å². The molecular formula is C49H64N16O. The molecule has 17 heteroatoms. The highest BCUT2D eigenvalue weighted by Crippen LogP contribution is 2.27. The maximum atomic E-state index is 11.3. The van der Waals surface area contributed by atoms with Crippen LogP contribution in [-0.4, -0.2) is 130 Å². The van der Waals surface area contributed by atoms with Gasteiger partial charge in [-0.15, -0.1) is 0 Å². The summed E-state index contributed by atoms with van der Waals surface area (Å²) in [6.07, 6.45) is 9.36. The number of hydrazine groups is 1. The molecule has 6 heterocycles. The Bertz CT molecular complexity index is 2420. The molecule has 3 saturated heterocycles. The molecule has 346 valence electrons. The van der Waals surface area contributed by atoms with Crippen LogP contribution in [0.2, 0.25) is 0 Å². The van der Waals surface area contributed by atoms with Crippen LogP contribution in [-0.2, 0) is 24.1 Å². The molecule has 3 aromatic carbocycles. The second-order valence-corrected chi connectivity index (χ2v) is 17.1. The van der Waals surface area contributed by atoms with Crippen molar-refractivity contribution < 1.29 is 4.79 Å². The molecule has 3 aliphatic heterocycles. The smallest absolute Gasteiger partial charge is 0.221 e. The summed E-state index contributed by atoms with van der Waals surface area (Å²) >= 11 is 0. The first-order chi connectivity index (χ1) is 32.1. The molecule has 0 radical (unpaired) electrons. The molecule has 9 N–H and O–H groups in total. The fourth-order valence-corrected chi connectivity index (χ4v) is 8.17. The van der Waals surface area contributed by atoms with E-state index in [9.17, 15) is 4.79 Å². The van der Waals surface area contributed by atoms with Crippen LogP contribution in [0.3, 0.4) is 0 Å². The minimum atomic E-state index is -0.212. The molecule has 3 fully saturated rings. The predicted molar refractivity (Wildman–Crippen MR) is 264 cm³/mol. The molecule has 0 bridgehead atoms. The number of rotatable bonds is 11. The molecule has 6 aromatic rings. The summed E-state index contributed by atoms with van der Waals surface area (Å²) in [4.78, 5) is 46.2. The molecule has 3 aliphatic rings. The first kappa shape index (κ1) is 47.0. The maximum Gasteiger partial charge on any atom is 0.221 e. The number of nitrogens with one attached hydrogen (secondary N) is 1. The number of nitrogen functional groups attached to an aromatic ring is 3. The topological polar surface area (TPSA) is 227 Å². The number of aromatic nitrogens is 6. The standard InChI is InChI=1S/C17H21N5O.C16H22N6.C16H21N5/c18-15(23)13-6-8-22(9-7-13)16-14(11-20-17(19)21-16)10-12-4-2-1-3-5-12;1-21-7-9-22(10-8-21)20-15-14(12-18-16(17)19-15)11-13-5-3-2-4-6-13;1-20-7-9-21(10-8-20)15-14(12-18-16(17)19-15)11-13-5-3-2-4-6-13/h1-5,11,13H,6-10H2,(H2,18,23)(H2,19,20,21);2-6,12H,7-11H2,1H3,(H3,17,18,19,20);2-6,12H,7-11H2,1H3,(H2,17,18,19). The highest BCUT2D eigenvalue weighted by molar-refractivity contribution is 5.77. The molecule has 1 amide bonds. The van der Waals surface area contributed by atoms with Crippen molar-refractivity contribution in [2.24, 2.45) is 11.7 Å². The number of benzene rings is 3. The van der Waals surface area contributed by atoms with E-state index < -0.39 is 0 Å². The van der Waals surface area contributed by atoms with E-state index in [2.05, 4.69) is 123 Å². The van der Waals surface area contributed by atoms with Crippen LogP contribution < -0.4 is 38.2 Å². The van der Waals surface area contributed by atoms with Crippen LogP contribution >= 0.6 is 0 Å². The maximum absolute atomic E-state index is 11.3. The van der Waals surface area contributed by atoms with Gasteiger partial charge in [0, 0.05) is 126 Å². The highest BCUT2D eigenvalue weighted by Gasteiger charge is 2.26. The summed E-state index contributed by atoms with van der Waals surface area (Å²) in [6, 6.07) is 30.9. The molecule has 66 heavy (non-hydrogen) atoms. The Morgan fingerprint density at radius 2 is 0.909 bits per heavy atom. The number of piperazine rings is 2. The Labute approximate surface area is 388 Å². The van der Waals surface area contributed by atoms with E-state index in [0.29, 0.717) is 11.9 Å². The zero-order valence-corrected chi connectivity index (χ0v) is 38.2. The normalized spacial score (nSPS) is 16.1. The number of piperidine rings is 1. The van der Waals surface area contributed by atoms with Gasteiger partial charge in [-0.05, 0) is 43.6 Å². The van der Waals surface area contributed by atoms with E-state index in [1.54, 1.807) is 6.20 Å². The third-order valence-corrected chi connectivity index (χ3v) is 12.1. The molecular weight excluding hydrogens is 829 g/mol. The van der Waals surface area contributed by atoms with Crippen molar-refractivity contribution in [1.82, 2.24) is 44.7 Å². The lowest BCUT2D eigenvalue weighted by Gasteiger charge is -2.34. The number of anilines is 6. The van der Waals surface area contributed by atoms with Crippen molar-refractivity contribution in [3.05, 3.63) is 143 Å². The second-order valence-electron chi connectivity index (χ2n) is 17.1. The monoisotopic (exact) mass is 893 g/mol. The summed E-state index contributed by atoms with van der Waals surface area (Å²) in [6.45, 7) is 9.59. The zero-order chi connectivity index (χ0) is 46.3. The highest BCUT2D eigenvalue weighted by atomic mass is 16.1. The minimum absolute atomic E-state index is 0.0389. The van der Waals surface area contributed by atoms with Gasteiger partial charge in [-0.3, -0.25) is 4.79 Å². The summed E-state index contributed by atoms with van der Waals surface area (Å²) in [5, 5.41) is 2.19. The number of nitrogens with two attached hydrogens (primary N) is 4. The van der Waals surface area contributed by atoms with Crippen LogP contribution in [0.1, 0.15) is 46.2 Å². The fraction of sp³-hybridized carbons (Fsp3) is 0.367. The fourth-order valence-electron chi connectivity index (χ4n) is 8.17. The van der Waals surface area contributed by atoms with Gasteiger partial charge in [-0.25, -0.2) is 20.0 Å². The first-order valence-corrected chi connectivity index (χ1v) is 22.7. The van der Waals surface area contributed by atoms with E-state index in [0.717, 1.165) is 132 Å². The van der Waals surface area contributed by atoms with Crippen LogP contribution in [0.25, 0.3) is 0 Å². The van der Waals surface area contributed by atoms with Crippen LogP contribution in [0.5, 0.6) is 0 Å². The van der Waals surface area contributed by atoms with Crippen molar-refractivity contribution in [2.75, 3.05) is 112 Å². The van der Waals surface area contributed by atoms with Crippen LogP contribution in [0.4, 0.5) is 35.3 Å². The molecule has 3 aromatic heterocycles. The minimum Gasteiger partial charge on any atom is -0.369 e. The molecule has 0 aliphatic carbocycles. The van der Waals surface area contributed by atoms with Gasteiger partial charge in [0.05, 0.1) is 0 Å². The van der Waals surface area contributed by atoms with Gasteiger partial charge in [0.15, 0.2) is 0 Å². The molecule has 0 atom stereocenters. The van der Waals surface area contributed by atoms with Gasteiger partial charge in [-0.2, -0.15) is 15.0 Å². The zero-order valence-electron chi connectivity index (χ0n) is 38.2. The van der Waals surface area contributed by atoms with Crippen molar-refractivity contribution in [2.45, 2.75) is 32.1 Å². The number of amides is 1.